The van der Waals surface area contributed by atoms with Gasteiger partial charge in [-0.2, -0.15) is 0 Å². The van der Waals surface area contributed by atoms with Crippen LogP contribution in [-0.4, -0.2) is 24.3 Å². The molecule has 0 heterocycles. The number of rotatable bonds is 4. The van der Waals surface area contributed by atoms with Crippen LogP contribution in [0.25, 0.3) is 0 Å². The summed E-state index contributed by atoms with van der Waals surface area (Å²) in [6, 6.07) is 0.733. The number of hydrogen-bond donors (Lipinski definition) is 2. The van der Waals surface area contributed by atoms with Gasteiger partial charge < -0.3 is 10.4 Å². The van der Waals surface area contributed by atoms with Crippen molar-refractivity contribution >= 4 is 0 Å². The van der Waals surface area contributed by atoms with E-state index in [1.54, 1.807) is 0 Å². The molecule has 11 heavy (non-hydrogen) atoms. The number of hydrogen-bond acceptors (Lipinski definition) is 2. The van der Waals surface area contributed by atoms with E-state index in [2.05, 4.69) is 12.2 Å². The Balaban J connectivity index is 1.99. The quantitative estimate of drug-likeness (QED) is 0.600. The van der Waals surface area contributed by atoms with Crippen molar-refractivity contribution in [1.29, 1.82) is 0 Å². The standard InChI is InChI=1S/C9H19NO/c1-8-3-4-9(7-8)10-5-2-6-11/h8-11H,2-7H2,1H3/t8-,9+/m1/s1. The molecule has 0 saturated heterocycles. The molecule has 0 aromatic heterocycles. The minimum atomic E-state index is 0.315. The van der Waals surface area contributed by atoms with Gasteiger partial charge in [-0.3, -0.25) is 0 Å². The molecule has 0 unspecified atom stereocenters. The largest absolute Gasteiger partial charge is 0.396 e. The van der Waals surface area contributed by atoms with Crippen molar-refractivity contribution in [2.24, 2.45) is 5.92 Å². The van der Waals surface area contributed by atoms with Crippen molar-refractivity contribution in [2.75, 3.05) is 13.2 Å². The Morgan fingerprint density at radius 2 is 2.27 bits per heavy atom. The van der Waals surface area contributed by atoms with Crippen molar-refractivity contribution in [2.45, 2.75) is 38.6 Å². The fourth-order valence-corrected chi connectivity index (χ4v) is 1.78. The summed E-state index contributed by atoms with van der Waals surface area (Å²) in [5.41, 5.74) is 0. The summed E-state index contributed by atoms with van der Waals surface area (Å²) >= 11 is 0. The predicted molar refractivity (Wildman–Crippen MR) is 46.5 cm³/mol. The maximum Gasteiger partial charge on any atom is 0.0443 e. The first-order chi connectivity index (χ1) is 5.33. The van der Waals surface area contributed by atoms with Gasteiger partial charge >= 0.3 is 0 Å². The number of aliphatic hydroxyl groups excluding tert-OH is 1. The highest BCUT2D eigenvalue weighted by Gasteiger charge is 2.19. The monoisotopic (exact) mass is 157 g/mol. The van der Waals surface area contributed by atoms with Gasteiger partial charge in [-0.25, -0.2) is 0 Å². The lowest BCUT2D eigenvalue weighted by Gasteiger charge is -2.10. The first-order valence-corrected chi connectivity index (χ1v) is 4.67. The molecule has 2 N–H and O–H groups in total. The maximum absolute atomic E-state index is 8.55. The third-order valence-electron chi connectivity index (χ3n) is 2.46. The summed E-state index contributed by atoms with van der Waals surface area (Å²) < 4.78 is 0. The summed E-state index contributed by atoms with van der Waals surface area (Å²) in [5, 5.41) is 12.0. The third kappa shape index (κ3) is 3.21. The Hall–Kier alpha value is -0.0800. The van der Waals surface area contributed by atoms with E-state index in [-0.39, 0.29) is 0 Å². The van der Waals surface area contributed by atoms with Crippen molar-refractivity contribution in [1.82, 2.24) is 5.32 Å². The SMILES string of the molecule is C[C@@H]1CC[C@H](NCCCO)C1. The Bertz CT molecular complexity index is 106. The second kappa shape index (κ2) is 4.73. The van der Waals surface area contributed by atoms with Crippen molar-refractivity contribution in [3.05, 3.63) is 0 Å². The van der Waals surface area contributed by atoms with Crippen LogP contribution in [0, 0.1) is 5.92 Å². The molecule has 1 aliphatic carbocycles. The molecule has 2 nitrogen and oxygen atoms in total. The summed E-state index contributed by atoms with van der Waals surface area (Å²) in [7, 11) is 0. The second-order valence-electron chi connectivity index (χ2n) is 3.65. The Morgan fingerprint density at radius 3 is 2.82 bits per heavy atom. The Labute approximate surface area is 69.0 Å². The molecule has 1 rings (SSSR count). The minimum absolute atomic E-state index is 0.315. The lowest BCUT2D eigenvalue weighted by molar-refractivity contribution is 0.283. The molecule has 0 aromatic rings. The molecule has 0 aromatic carbocycles. The number of aliphatic hydroxyl groups is 1. The average Bonchev–Trinajstić information content (AvgIpc) is 2.37. The van der Waals surface area contributed by atoms with Crippen molar-refractivity contribution in [3.8, 4) is 0 Å². The lowest BCUT2D eigenvalue weighted by atomic mass is 10.1. The van der Waals surface area contributed by atoms with Crippen LogP contribution in [0.3, 0.4) is 0 Å². The Kier molecular flexibility index (Phi) is 3.87. The molecule has 0 bridgehead atoms. The van der Waals surface area contributed by atoms with Gasteiger partial charge in [0.2, 0.25) is 0 Å². The summed E-state index contributed by atoms with van der Waals surface area (Å²) in [6.07, 6.45) is 4.92. The lowest BCUT2D eigenvalue weighted by Crippen LogP contribution is -2.27. The van der Waals surface area contributed by atoms with Gasteiger partial charge in [-0.05, 0) is 38.1 Å². The van der Waals surface area contributed by atoms with Gasteiger partial charge in [0, 0.05) is 12.6 Å². The van der Waals surface area contributed by atoms with E-state index in [0.717, 1.165) is 24.9 Å². The fourth-order valence-electron chi connectivity index (χ4n) is 1.78. The van der Waals surface area contributed by atoms with Crippen LogP contribution < -0.4 is 5.32 Å². The van der Waals surface area contributed by atoms with Crippen molar-refractivity contribution in [3.63, 3.8) is 0 Å². The van der Waals surface area contributed by atoms with E-state index in [9.17, 15) is 0 Å². The molecule has 1 fully saturated rings. The molecule has 1 saturated carbocycles. The van der Waals surface area contributed by atoms with Crippen LogP contribution in [0.2, 0.25) is 0 Å². The molecule has 66 valence electrons. The van der Waals surface area contributed by atoms with Crippen LogP contribution in [0.5, 0.6) is 0 Å². The molecule has 0 spiro atoms. The van der Waals surface area contributed by atoms with Gasteiger partial charge in [-0.1, -0.05) is 6.92 Å². The van der Waals surface area contributed by atoms with Crippen LogP contribution in [0.15, 0.2) is 0 Å². The van der Waals surface area contributed by atoms with E-state index in [0.29, 0.717) is 6.61 Å². The fraction of sp³-hybridized carbons (Fsp3) is 1.00. The molecular formula is C9H19NO. The summed E-state index contributed by atoms with van der Waals surface area (Å²) in [5.74, 6) is 0.904. The maximum atomic E-state index is 8.55. The zero-order chi connectivity index (χ0) is 8.10. The topological polar surface area (TPSA) is 32.3 Å². The molecule has 0 radical (unpaired) electrons. The smallest absolute Gasteiger partial charge is 0.0443 e. The van der Waals surface area contributed by atoms with Gasteiger partial charge in [0.1, 0.15) is 0 Å². The molecular weight excluding hydrogens is 138 g/mol. The highest BCUT2D eigenvalue weighted by molar-refractivity contribution is 4.77. The average molecular weight is 157 g/mol. The minimum Gasteiger partial charge on any atom is -0.396 e. The zero-order valence-corrected chi connectivity index (χ0v) is 7.34. The van der Waals surface area contributed by atoms with Crippen LogP contribution in [-0.2, 0) is 0 Å². The van der Waals surface area contributed by atoms with Crippen LogP contribution >= 0.6 is 0 Å². The van der Waals surface area contributed by atoms with E-state index in [1.807, 2.05) is 0 Å². The highest BCUT2D eigenvalue weighted by atomic mass is 16.3. The predicted octanol–water partition coefficient (Wildman–Crippen LogP) is 1.15. The number of nitrogens with one attached hydrogen (secondary N) is 1. The third-order valence-corrected chi connectivity index (χ3v) is 2.46. The zero-order valence-electron chi connectivity index (χ0n) is 7.34. The van der Waals surface area contributed by atoms with Crippen LogP contribution in [0.1, 0.15) is 32.6 Å². The molecule has 2 atom stereocenters. The Morgan fingerprint density at radius 1 is 1.45 bits per heavy atom. The molecule has 1 aliphatic rings. The van der Waals surface area contributed by atoms with E-state index >= 15 is 0 Å². The molecule has 0 amide bonds. The summed E-state index contributed by atoms with van der Waals surface area (Å²) in [4.78, 5) is 0. The van der Waals surface area contributed by atoms with Gasteiger partial charge in [0.25, 0.3) is 0 Å². The van der Waals surface area contributed by atoms with Gasteiger partial charge in [-0.15, -0.1) is 0 Å². The first-order valence-electron chi connectivity index (χ1n) is 4.67. The van der Waals surface area contributed by atoms with Gasteiger partial charge in [0.15, 0.2) is 0 Å². The highest BCUT2D eigenvalue weighted by Crippen LogP contribution is 2.24. The normalized spacial score (nSPS) is 31.1. The first kappa shape index (κ1) is 9.01. The second-order valence-corrected chi connectivity index (χ2v) is 3.65. The van der Waals surface area contributed by atoms with E-state index < -0.39 is 0 Å². The van der Waals surface area contributed by atoms with E-state index in [1.165, 1.54) is 19.3 Å². The van der Waals surface area contributed by atoms with E-state index in [4.69, 9.17) is 5.11 Å². The molecule has 2 heteroatoms. The van der Waals surface area contributed by atoms with Crippen molar-refractivity contribution < 1.29 is 5.11 Å². The summed E-state index contributed by atoms with van der Waals surface area (Å²) in [6.45, 7) is 3.61. The van der Waals surface area contributed by atoms with Gasteiger partial charge in [0.05, 0.1) is 0 Å². The van der Waals surface area contributed by atoms with Crippen LogP contribution in [0.4, 0.5) is 0 Å². The molecule has 0 aliphatic heterocycles.